The Labute approximate surface area is 71.2 Å². The quantitative estimate of drug-likeness (QED) is 0.404. The van der Waals surface area contributed by atoms with E-state index in [0.29, 0.717) is 0 Å². The molecule has 0 radical (unpaired) electrons. The first-order chi connectivity index (χ1) is 4.14. The molecule has 1 rings (SSSR count). The maximum atomic E-state index is 5.66. The summed E-state index contributed by atoms with van der Waals surface area (Å²) in [4.78, 5) is 0. The summed E-state index contributed by atoms with van der Waals surface area (Å²) in [5, 5.41) is 0. The second-order valence-corrected chi connectivity index (χ2v) is 4.25. The molecule has 1 fully saturated rings. The van der Waals surface area contributed by atoms with Crippen LogP contribution < -0.4 is 11.5 Å². The molecule has 3 nitrogen and oxygen atoms in total. The molecule has 0 aromatic rings. The van der Waals surface area contributed by atoms with Gasteiger partial charge in [0.1, 0.15) is 0 Å². The van der Waals surface area contributed by atoms with Gasteiger partial charge in [-0.3, -0.25) is 0 Å². The van der Waals surface area contributed by atoms with Crippen molar-refractivity contribution in [2.45, 2.75) is 12.1 Å². The van der Waals surface area contributed by atoms with Crippen molar-refractivity contribution in [1.82, 2.24) is 4.31 Å². The molecule has 0 aliphatic carbocycles. The summed E-state index contributed by atoms with van der Waals surface area (Å²) in [6.07, 6.45) is 0.906. The van der Waals surface area contributed by atoms with Gasteiger partial charge in [-0.2, -0.15) is 0 Å². The fourth-order valence-electron chi connectivity index (χ4n) is 0.878. The highest BCUT2D eigenvalue weighted by Gasteiger charge is 2.30. The Kier molecular flexibility index (Phi) is 2.61. The van der Waals surface area contributed by atoms with Gasteiger partial charge in [0.2, 0.25) is 0 Å². The Hall–Kier alpha value is 0.960. The van der Waals surface area contributed by atoms with Crippen molar-refractivity contribution >= 4 is 30.3 Å². The zero-order chi connectivity index (χ0) is 6.91. The van der Waals surface area contributed by atoms with Gasteiger partial charge in [-0.1, -0.05) is 0 Å². The number of hydrogen-bond acceptors (Lipinski definition) is 4. The highest BCUT2D eigenvalue weighted by atomic mass is 127. The molecular weight excluding hydrogens is 249 g/mol. The summed E-state index contributed by atoms with van der Waals surface area (Å²) in [6, 6.07) is 0. The number of hydrogen-bond donors (Lipinski definition) is 2. The van der Waals surface area contributed by atoms with Gasteiger partial charge in [-0.15, -0.1) is 0 Å². The van der Waals surface area contributed by atoms with Gasteiger partial charge < -0.3 is 11.5 Å². The summed E-state index contributed by atoms with van der Waals surface area (Å²) >= 11 is 2.24. The second kappa shape index (κ2) is 2.91. The summed E-state index contributed by atoms with van der Waals surface area (Å²) in [7, 11) is 1.68. The molecular formula is C4H10IN3S. The van der Waals surface area contributed by atoms with Crippen LogP contribution in [-0.2, 0) is 0 Å². The molecule has 5 heteroatoms. The summed E-state index contributed by atoms with van der Waals surface area (Å²) in [6.45, 7) is 1.82. The Balaban J connectivity index is 2.38. The molecule has 0 aromatic carbocycles. The van der Waals surface area contributed by atoms with Gasteiger partial charge in [0, 0.05) is 34.3 Å². The Bertz CT molecular complexity index is 108. The third-order valence-electron chi connectivity index (χ3n) is 1.39. The first-order valence-corrected chi connectivity index (χ1v) is 6.07. The van der Waals surface area contributed by atoms with Gasteiger partial charge in [0.15, 0.2) is 0 Å². The van der Waals surface area contributed by atoms with E-state index in [2.05, 4.69) is 25.5 Å². The molecule has 0 aromatic heterocycles. The van der Waals surface area contributed by atoms with Crippen LogP contribution in [-0.4, -0.2) is 23.1 Å². The molecule has 0 atom stereocenters. The van der Waals surface area contributed by atoms with E-state index in [1.807, 2.05) is 0 Å². The Morgan fingerprint density at radius 2 is 2.22 bits per heavy atom. The van der Waals surface area contributed by atoms with Crippen molar-refractivity contribution < 1.29 is 0 Å². The zero-order valence-electron chi connectivity index (χ0n) is 5.01. The second-order valence-electron chi connectivity index (χ2n) is 2.42. The van der Waals surface area contributed by atoms with E-state index in [-0.39, 0.29) is 0 Å². The highest BCUT2D eigenvalue weighted by Crippen LogP contribution is 2.25. The molecule has 1 aliphatic heterocycles. The summed E-state index contributed by atoms with van der Waals surface area (Å²) in [5.41, 5.74) is 10.9. The molecule has 54 valence electrons. The maximum absolute atomic E-state index is 5.66. The molecule has 9 heavy (non-hydrogen) atoms. The first kappa shape index (κ1) is 8.06. The summed E-state index contributed by atoms with van der Waals surface area (Å²) in [5.74, 6) is 0. The van der Waals surface area contributed by atoms with Crippen LogP contribution in [0.5, 0.6) is 0 Å². The third kappa shape index (κ3) is 2.23. The van der Waals surface area contributed by atoms with Crippen LogP contribution in [0.4, 0.5) is 0 Å². The first-order valence-electron chi connectivity index (χ1n) is 2.75. The number of halogens is 1. The predicted octanol–water partition coefficient (Wildman–Crippen LogP) is 0.304. The van der Waals surface area contributed by atoms with E-state index in [9.17, 15) is 0 Å². The lowest BCUT2D eigenvalue weighted by atomic mass is 10.2. The van der Waals surface area contributed by atoms with Crippen LogP contribution in [0.25, 0.3) is 0 Å². The van der Waals surface area contributed by atoms with Gasteiger partial charge in [-0.05, 0) is 15.5 Å². The topological polar surface area (TPSA) is 55.3 Å². The SMILES string of the molecule is NC1(N)CCN(SI)C1. The van der Waals surface area contributed by atoms with E-state index in [1.165, 1.54) is 0 Å². The van der Waals surface area contributed by atoms with Crippen LogP contribution in [0.2, 0.25) is 0 Å². The standard InChI is InChI=1S/C4H10IN3S/c5-9-8-2-1-4(6,7)3-8/h1-3,6-7H2. The monoisotopic (exact) mass is 259 g/mol. The van der Waals surface area contributed by atoms with Crippen molar-refractivity contribution in [3.63, 3.8) is 0 Å². The lowest BCUT2D eigenvalue weighted by molar-refractivity contribution is 0.459. The molecule has 0 bridgehead atoms. The number of nitrogens with zero attached hydrogens (tertiary/aromatic N) is 1. The molecule has 1 heterocycles. The van der Waals surface area contributed by atoms with E-state index in [0.717, 1.165) is 19.5 Å². The summed E-state index contributed by atoms with van der Waals surface area (Å²) < 4.78 is 2.17. The van der Waals surface area contributed by atoms with Crippen molar-refractivity contribution in [1.29, 1.82) is 0 Å². The molecule has 0 unspecified atom stereocenters. The Morgan fingerprint density at radius 1 is 1.56 bits per heavy atom. The van der Waals surface area contributed by atoms with Crippen LogP contribution in [0.15, 0.2) is 0 Å². The van der Waals surface area contributed by atoms with Crippen molar-refractivity contribution in [3.8, 4) is 0 Å². The Morgan fingerprint density at radius 3 is 2.44 bits per heavy atom. The van der Waals surface area contributed by atoms with Crippen LogP contribution in [0.1, 0.15) is 6.42 Å². The van der Waals surface area contributed by atoms with Gasteiger partial charge in [0.25, 0.3) is 0 Å². The maximum Gasteiger partial charge on any atom is 0.0789 e. The van der Waals surface area contributed by atoms with Crippen molar-refractivity contribution in [3.05, 3.63) is 0 Å². The minimum absolute atomic E-state index is 0.432. The minimum Gasteiger partial charge on any atom is -0.312 e. The predicted molar refractivity (Wildman–Crippen MR) is 48.9 cm³/mol. The molecule has 1 aliphatic rings. The van der Waals surface area contributed by atoms with E-state index in [1.54, 1.807) is 9.12 Å². The third-order valence-corrected chi connectivity index (χ3v) is 3.57. The van der Waals surface area contributed by atoms with E-state index in [4.69, 9.17) is 11.5 Å². The molecule has 0 saturated carbocycles. The van der Waals surface area contributed by atoms with Crippen molar-refractivity contribution in [2.24, 2.45) is 11.5 Å². The van der Waals surface area contributed by atoms with Crippen LogP contribution in [0, 0.1) is 0 Å². The minimum atomic E-state index is -0.432. The van der Waals surface area contributed by atoms with Crippen LogP contribution >= 0.6 is 30.3 Å². The van der Waals surface area contributed by atoms with Crippen molar-refractivity contribution in [2.75, 3.05) is 13.1 Å². The van der Waals surface area contributed by atoms with Gasteiger partial charge in [-0.25, -0.2) is 4.31 Å². The average molecular weight is 259 g/mol. The highest BCUT2D eigenvalue weighted by molar-refractivity contribution is 14.2. The molecule has 1 saturated heterocycles. The average Bonchev–Trinajstić information content (AvgIpc) is 2.10. The van der Waals surface area contributed by atoms with E-state index < -0.39 is 5.66 Å². The molecule has 0 spiro atoms. The van der Waals surface area contributed by atoms with E-state index >= 15 is 0 Å². The lowest BCUT2D eigenvalue weighted by Gasteiger charge is -2.16. The largest absolute Gasteiger partial charge is 0.312 e. The normalized spacial score (nSPS) is 27.0. The smallest absolute Gasteiger partial charge is 0.0789 e. The van der Waals surface area contributed by atoms with Crippen LogP contribution in [0.3, 0.4) is 0 Å². The fourth-order valence-corrected chi connectivity index (χ4v) is 2.34. The lowest BCUT2D eigenvalue weighted by Crippen LogP contribution is -2.50. The molecule has 0 amide bonds. The number of nitrogens with two attached hydrogens (primary N) is 2. The molecule has 4 N–H and O–H groups in total. The van der Waals surface area contributed by atoms with Gasteiger partial charge in [0.05, 0.1) is 5.66 Å². The van der Waals surface area contributed by atoms with Gasteiger partial charge >= 0.3 is 0 Å². The number of rotatable bonds is 1. The fraction of sp³-hybridized carbons (Fsp3) is 1.00. The zero-order valence-corrected chi connectivity index (χ0v) is 7.98.